The molecule has 2 aliphatic rings. The Bertz CT molecular complexity index is 284. The van der Waals surface area contributed by atoms with Gasteiger partial charge in [-0.2, -0.15) is 0 Å². The van der Waals surface area contributed by atoms with E-state index >= 15 is 0 Å². The monoisotopic (exact) mass is 228 g/mol. The minimum Gasteiger partial charge on any atom is -0.469 e. The molecule has 0 spiro atoms. The van der Waals surface area contributed by atoms with Crippen molar-refractivity contribution in [1.82, 2.24) is 0 Å². The number of hydrogen-bond donors (Lipinski definition) is 0. The maximum atomic E-state index is 11.6. The Morgan fingerprint density at radius 2 is 2.07 bits per heavy atom. The van der Waals surface area contributed by atoms with Crippen LogP contribution in [0.5, 0.6) is 0 Å². The van der Waals surface area contributed by atoms with Crippen molar-refractivity contribution in [3.05, 3.63) is 0 Å². The van der Waals surface area contributed by atoms with Crippen molar-refractivity contribution in [2.75, 3.05) is 7.11 Å². The normalized spacial score (nSPS) is 38.7. The highest BCUT2D eigenvalue weighted by Crippen LogP contribution is 2.64. The molecule has 0 bridgehead atoms. The van der Waals surface area contributed by atoms with Crippen LogP contribution in [0.3, 0.4) is 0 Å². The molecule has 0 N–H and O–H groups in total. The van der Waals surface area contributed by atoms with Crippen molar-refractivity contribution in [2.45, 2.75) is 44.5 Å². The Balaban J connectivity index is 2.10. The fourth-order valence-corrected chi connectivity index (χ4v) is 4.61. The van der Waals surface area contributed by atoms with Gasteiger partial charge in [0.15, 0.2) is 8.32 Å². The first-order chi connectivity index (χ1) is 6.91. The maximum Gasteiger partial charge on any atom is 0.311 e. The Morgan fingerprint density at radius 3 is 2.60 bits per heavy atom. The molecule has 3 atom stereocenters. The standard InChI is InChI=1S/C11H20O3Si/c1-13-10(12)9-8-6-5-7-11(8,9)14-15(2,3)4/h8-9H,5-7H2,1-4H3/t8-,9-,11+/m0/s1. The van der Waals surface area contributed by atoms with E-state index in [4.69, 9.17) is 9.16 Å². The van der Waals surface area contributed by atoms with Gasteiger partial charge >= 0.3 is 5.97 Å². The topological polar surface area (TPSA) is 35.5 Å². The lowest BCUT2D eigenvalue weighted by atomic mass is 10.1. The predicted octanol–water partition coefficient (Wildman–Crippen LogP) is 2.18. The summed E-state index contributed by atoms with van der Waals surface area (Å²) in [5.41, 5.74) is -0.127. The minimum atomic E-state index is -1.56. The first-order valence-electron chi connectivity index (χ1n) is 5.69. The summed E-state index contributed by atoms with van der Waals surface area (Å²) < 4.78 is 11.1. The van der Waals surface area contributed by atoms with Crippen molar-refractivity contribution in [3.8, 4) is 0 Å². The lowest BCUT2D eigenvalue weighted by molar-refractivity contribution is -0.144. The Kier molecular flexibility index (Phi) is 2.46. The molecule has 2 aliphatic carbocycles. The molecule has 0 amide bonds. The van der Waals surface area contributed by atoms with Gasteiger partial charge in [0.05, 0.1) is 18.6 Å². The Hall–Kier alpha value is -0.353. The van der Waals surface area contributed by atoms with Crippen LogP contribution in [0.15, 0.2) is 0 Å². The van der Waals surface area contributed by atoms with Crippen molar-refractivity contribution < 1.29 is 14.0 Å². The lowest BCUT2D eigenvalue weighted by Crippen LogP contribution is -2.35. The Morgan fingerprint density at radius 1 is 1.40 bits per heavy atom. The van der Waals surface area contributed by atoms with E-state index in [0.717, 1.165) is 12.8 Å². The van der Waals surface area contributed by atoms with E-state index in [9.17, 15) is 4.79 Å². The summed E-state index contributed by atoms with van der Waals surface area (Å²) in [6.45, 7) is 6.55. The first kappa shape index (κ1) is 11.1. The molecule has 0 saturated heterocycles. The van der Waals surface area contributed by atoms with Crippen LogP contribution in [0.25, 0.3) is 0 Å². The van der Waals surface area contributed by atoms with E-state index in [2.05, 4.69) is 19.6 Å². The molecular formula is C11H20O3Si. The van der Waals surface area contributed by atoms with Gasteiger partial charge in [0.25, 0.3) is 0 Å². The minimum absolute atomic E-state index is 0.0305. The molecule has 0 heterocycles. The van der Waals surface area contributed by atoms with E-state index in [-0.39, 0.29) is 17.5 Å². The largest absolute Gasteiger partial charge is 0.469 e. The van der Waals surface area contributed by atoms with Gasteiger partial charge < -0.3 is 9.16 Å². The van der Waals surface area contributed by atoms with Gasteiger partial charge in [0, 0.05) is 5.92 Å². The molecule has 3 nitrogen and oxygen atoms in total. The van der Waals surface area contributed by atoms with Crippen LogP contribution in [-0.2, 0) is 14.0 Å². The molecule has 2 rings (SSSR count). The van der Waals surface area contributed by atoms with Crippen LogP contribution in [-0.4, -0.2) is 27.0 Å². The van der Waals surface area contributed by atoms with Crippen molar-refractivity contribution >= 4 is 14.3 Å². The number of hydrogen-bond acceptors (Lipinski definition) is 3. The van der Waals surface area contributed by atoms with E-state index in [0.29, 0.717) is 5.92 Å². The number of esters is 1. The quantitative estimate of drug-likeness (QED) is 0.548. The SMILES string of the molecule is COC(=O)[C@@H]1[C@@H]2CCC[C@]12O[Si](C)(C)C. The molecule has 0 radical (unpaired) electrons. The molecule has 2 fully saturated rings. The molecule has 0 aromatic rings. The molecule has 0 aromatic carbocycles. The lowest BCUT2D eigenvalue weighted by Gasteiger charge is -2.26. The molecule has 0 aromatic heterocycles. The molecule has 0 unspecified atom stereocenters. The van der Waals surface area contributed by atoms with E-state index in [1.165, 1.54) is 13.5 Å². The second kappa shape index (κ2) is 3.32. The zero-order chi connectivity index (χ0) is 11.3. The predicted molar refractivity (Wildman–Crippen MR) is 60.0 cm³/mol. The molecule has 86 valence electrons. The fourth-order valence-electron chi connectivity index (χ4n) is 3.09. The van der Waals surface area contributed by atoms with E-state index in [1.807, 2.05) is 0 Å². The average molecular weight is 228 g/mol. The van der Waals surface area contributed by atoms with Crippen molar-refractivity contribution in [2.24, 2.45) is 11.8 Å². The molecule has 4 heteroatoms. The zero-order valence-electron chi connectivity index (χ0n) is 10.0. The third-order valence-corrected chi connectivity index (χ3v) is 4.47. The third kappa shape index (κ3) is 1.74. The summed E-state index contributed by atoms with van der Waals surface area (Å²) >= 11 is 0. The molecular weight excluding hydrogens is 208 g/mol. The van der Waals surface area contributed by atoms with Crippen LogP contribution < -0.4 is 0 Å². The van der Waals surface area contributed by atoms with Crippen LogP contribution in [0.1, 0.15) is 19.3 Å². The fraction of sp³-hybridized carbons (Fsp3) is 0.909. The van der Waals surface area contributed by atoms with Crippen LogP contribution >= 0.6 is 0 Å². The second-order valence-electron chi connectivity index (χ2n) is 5.67. The summed E-state index contributed by atoms with van der Waals surface area (Å²) in [5.74, 6) is 0.401. The third-order valence-electron chi connectivity index (χ3n) is 3.48. The zero-order valence-corrected chi connectivity index (χ0v) is 11.0. The number of rotatable bonds is 3. The summed E-state index contributed by atoms with van der Waals surface area (Å²) in [4.78, 5) is 11.6. The summed E-state index contributed by atoms with van der Waals surface area (Å²) in [7, 11) is -0.0903. The number of fused-ring (bicyclic) bond motifs is 1. The van der Waals surface area contributed by atoms with Gasteiger partial charge in [-0.1, -0.05) is 6.42 Å². The summed E-state index contributed by atoms with van der Waals surface area (Å²) in [5, 5.41) is 0. The summed E-state index contributed by atoms with van der Waals surface area (Å²) in [6, 6.07) is 0. The highest BCUT2D eigenvalue weighted by atomic mass is 28.4. The van der Waals surface area contributed by atoms with Gasteiger partial charge in [0.2, 0.25) is 0 Å². The number of carbonyl (C=O) groups is 1. The van der Waals surface area contributed by atoms with Crippen molar-refractivity contribution in [3.63, 3.8) is 0 Å². The maximum absolute atomic E-state index is 11.6. The number of carbonyl (C=O) groups excluding carboxylic acids is 1. The second-order valence-corrected chi connectivity index (χ2v) is 10.1. The van der Waals surface area contributed by atoms with E-state index in [1.54, 1.807) is 0 Å². The Labute approximate surface area is 92.3 Å². The van der Waals surface area contributed by atoms with Crippen LogP contribution in [0.4, 0.5) is 0 Å². The molecule has 15 heavy (non-hydrogen) atoms. The average Bonchev–Trinajstić information content (AvgIpc) is 2.49. The number of methoxy groups -OCH3 is 1. The smallest absolute Gasteiger partial charge is 0.311 e. The highest BCUT2D eigenvalue weighted by molar-refractivity contribution is 6.69. The van der Waals surface area contributed by atoms with Gasteiger partial charge in [-0.15, -0.1) is 0 Å². The van der Waals surface area contributed by atoms with E-state index < -0.39 is 8.32 Å². The first-order valence-corrected chi connectivity index (χ1v) is 9.09. The van der Waals surface area contributed by atoms with Crippen molar-refractivity contribution in [1.29, 1.82) is 0 Å². The van der Waals surface area contributed by atoms with Crippen LogP contribution in [0, 0.1) is 11.8 Å². The van der Waals surface area contributed by atoms with Gasteiger partial charge in [-0.3, -0.25) is 4.79 Å². The molecule has 0 aliphatic heterocycles. The summed E-state index contributed by atoms with van der Waals surface area (Å²) in [6.07, 6.45) is 3.37. The van der Waals surface area contributed by atoms with Gasteiger partial charge in [-0.05, 0) is 32.5 Å². The van der Waals surface area contributed by atoms with Crippen LogP contribution in [0.2, 0.25) is 19.6 Å². The molecule has 2 saturated carbocycles. The van der Waals surface area contributed by atoms with Gasteiger partial charge in [0.1, 0.15) is 0 Å². The highest BCUT2D eigenvalue weighted by Gasteiger charge is 2.72. The number of ether oxygens (including phenoxy) is 1. The van der Waals surface area contributed by atoms with Gasteiger partial charge in [-0.25, -0.2) is 0 Å².